The summed E-state index contributed by atoms with van der Waals surface area (Å²) in [5.74, 6) is -1.81. The second-order valence-electron chi connectivity index (χ2n) is 4.74. The van der Waals surface area contributed by atoms with Crippen LogP contribution in [-0.4, -0.2) is 35.0 Å². The highest BCUT2D eigenvalue weighted by Crippen LogP contribution is 2.05. The highest BCUT2D eigenvalue weighted by molar-refractivity contribution is 5.99. The Bertz CT molecular complexity index is 508. The van der Waals surface area contributed by atoms with Crippen LogP contribution in [0, 0.1) is 0 Å². The van der Waals surface area contributed by atoms with Crippen molar-refractivity contribution in [2.45, 2.75) is 32.9 Å². The molecule has 0 saturated carbocycles. The molecule has 0 aliphatic heterocycles. The highest BCUT2D eigenvalue weighted by Gasteiger charge is 2.15. The number of carbonyl (C=O) groups is 3. The van der Waals surface area contributed by atoms with Crippen molar-refractivity contribution < 1.29 is 19.5 Å². The van der Waals surface area contributed by atoms with Crippen LogP contribution in [-0.2, 0) is 4.79 Å². The summed E-state index contributed by atoms with van der Waals surface area (Å²) < 4.78 is 0. The number of nitrogens with one attached hydrogen (secondary N) is 2. The van der Waals surface area contributed by atoms with Crippen LogP contribution in [0.1, 0.15) is 41.5 Å². The molecule has 0 aliphatic carbocycles. The van der Waals surface area contributed by atoms with Gasteiger partial charge >= 0.3 is 5.97 Å². The van der Waals surface area contributed by atoms with Crippen molar-refractivity contribution >= 4 is 17.8 Å². The number of rotatable bonds is 5. The van der Waals surface area contributed by atoms with E-state index in [9.17, 15) is 14.4 Å². The molecule has 0 aliphatic rings. The van der Waals surface area contributed by atoms with E-state index in [4.69, 9.17) is 5.11 Å². The molecule has 0 aromatic heterocycles. The number of carbonyl (C=O) groups excluding carboxylic acids is 2. The quantitative estimate of drug-likeness (QED) is 0.749. The normalized spacial score (nSPS) is 11.8. The van der Waals surface area contributed by atoms with Gasteiger partial charge in [0.1, 0.15) is 6.04 Å². The van der Waals surface area contributed by atoms with Gasteiger partial charge in [-0.05, 0) is 45.0 Å². The largest absolute Gasteiger partial charge is 0.480 e. The van der Waals surface area contributed by atoms with Crippen molar-refractivity contribution in [3.8, 4) is 0 Å². The smallest absolute Gasteiger partial charge is 0.325 e. The first kappa shape index (κ1) is 15.7. The second-order valence-corrected chi connectivity index (χ2v) is 4.74. The van der Waals surface area contributed by atoms with E-state index in [0.29, 0.717) is 11.1 Å². The maximum Gasteiger partial charge on any atom is 0.325 e. The van der Waals surface area contributed by atoms with Gasteiger partial charge in [0.05, 0.1) is 0 Å². The maximum atomic E-state index is 11.7. The SMILES string of the molecule is CC(C)NC(=O)c1ccc(C(=O)N[C@@H](C)C(=O)O)cc1. The topological polar surface area (TPSA) is 95.5 Å². The minimum atomic E-state index is -1.11. The van der Waals surface area contributed by atoms with E-state index >= 15 is 0 Å². The number of hydrogen-bond donors (Lipinski definition) is 3. The zero-order chi connectivity index (χ0) is 15.3. The molecule has 0 unspecified atom stereocenters. The van der Waals surface area contributed by atoms with Crippen LogP contribution >= 0.6 is 0 Å². The molecule has 0 fully saturated rings. The predicted octanol–water partition coefficient (Wildman–Crippen LogP) is 1.03. The number of carboxylic acid groups (broad SMARTS) is 1. The Morgan fingerprint density at radius 3 is 1.65 bits per heavy atom. The Morgan fingerprint density at radius 2 is 1.30 bits per heavy atom. The van der Waals surface area contributed by atoms with Gasteiger partial charge in [-0.15, -0.1) is 0 Å². The molecule has 2 amide bonds. The molecular formula is C14H18N2O4. The minimum Gasteiger partial charge on any atom is -0.480 e. The molecule has 6 heteroatoms. The zero-order valence-electron chi connectivity index (χ0n) is 11.6. The lowest BCUT2D eigenvalue weighted by molar-refractivity contribution is -0.138. The van der Waals surface area contributed by atoms with Crippen molar-refractivity contribution in [1.29, 1.82) is 0 Å². The molecule has 0 spiro atoms. The van der Waals surface area contributed by atoms with Gasteiger partial charge in [-0.1, -0.05) is 0 Å². The van der Waals surface area contributed by atoms with Gasteiger partial charge in [-0.2, -0.15) is 0 Å². The number of amides is 2. The maximum absolute atomic E-state index is 11.7. The molecular weight excluding hydrogens is 260 g/mol. The molecule has 1 atom stereocenters. The van der Waals surface area contributed by atoms with Crippen molar-refractivity contribution in [3.63, 3.8) is 0 Å². The molecule has 6 nitrogen and oxygen atoms in total. The first-order valence-corrected chi connectivity index (χ1v) is 6.26. The van der Waals surface area contributed by atoms with Crippen LogP contribution in [0.25, 0.3) is 0 Å². The number of carboxylic acids is 1. The summed E-state index contributed by atoms with van der Waals surface area (Å²) in [4.78, 5) is 34.1. The van der Waals surface area contributed by atoms with Crippen LogP contribution in [0.15, 0.2) is 24.3 Å². The lowest BCUT2D eigenvalue weighted by Gasteiger charge is -2.10. The lowest BCUT2D eigenvalue weighted by atomic mass is 10.1. The number of aliphatic carboxylic acids is 1. The van der Waals surface area contributed by atoms with Gasteiger partial charge in [-0.25, -0.2) is 0 Å². The predicted molar refractivity (Wildman–Crippen MR) is 73.6 cm³/mol. The van der Waals surface area contributed by atoms with Crippen molar-refractivity contribution in [1.82, 2.24) is 10.6 Å². The van der Waals surface area contributed by atoms with Crippen molar-refractivity contribution in [3.05, 3.63) is 35.4 Å². The molecule has 3 N–H and O–H groups in total. The van der Waals surface area contributed by atoms with E-state index in [2.05, 4.69) is 10.6 Å². The Morgan fingerprint density at radius 1 is 0.900 bits per heavy atom. The summed E-state index contributed by atoms with van der Waals surface area (Å²) in [7, 11) is 0. The van der Waals surface area contributed by atoms with Gasteiger partial charge in [0.2, 0.25) is 0 Å². The molecule has 0 radical (unpaired) electrons. The van der Waals surface area contributed by atoms with Gasteiger partial charge in [0.15, 0.2) is 0 Å². The van der Waals surface area contributed by atoms with Crippen molar-refractivity contribution in [2.24, 2.45) is 0 Å². The van der Waals surface area contributed by atoms with E-state index in [1.807, 2.05) is 13.8 Å². The van der Waals surface area contributed by atoms with E-state index in [1.54, 1.807) is 0 Å². The van der Waals surface area contributed by atoms with Crippen LogP contribution in [0.3, 0.4) is 0 Å². The molecule has 0 saturated heterocycles. The Hall–Kier alpha value is -2.37. The van der Waals surface area contributed by atoms with Gasteiger partial charge in [0.25, 0.3) is 11.8 Å². The van der Waals surface area contributed by atoms with E-state index in [1.165, 1.54) is 31.2 Å². The summed E-state index contributed by atoms with van der Waals surface area (Å²) in [6.45, 7) is 5.09. The Labute approximate surface area is 117 Å². The lowest BCUT2D eigenvalue weighted by Crippen LogP contribution is -2.38. The molecule has 20 heavy (non-hydrogen) atoms. The Balaban J connectivity index is 2.73. The molecule has 1 aromatic rings. The molecule has 1 rings (SSSR count). The highest BCUT2D eigenvalue weighted by atomic mass is 16.4. The van der Waals surface area contributed by atoms with Gasteiger partial charge in [-0.3, -0.25) is 14.4 Å². The molecule has 1 aromatic carbocycles. The Kier molecular flexibility index (Phi) is 5.25. The third-order valence-corrected chi connectivity index (χ3v) is 2.55. The fraction of sp³-hybridized carbons (Fsp3) is 0.357. The fourth-order valence-electron chi connectivity index (χ4n) is 1.46. The first-order valence-electron chi connectivity index (χ1n) is 6.26. The van der Waals surface area contributed by atoms with Crippen LogP contribution < -0.4 is 10.6 Å². The van der Waals surface area contributed by atoms with Gasteiger partial charge < -0.3 is 15.7 Å². The van der Waals surface area contributed by atoms with Crippen LogP contribution in [0.2, 0.25) is 0 Å². The molecule has 0 heterocycles. The van der Waals surface area contributed by atoms with E-state index < -0.39 is 17.9 Å². The minimum absolute atomic E-state index is 0.0295. The standard InChI is InChI=1S/C14H18N2O4/c1-8(2)15-12(17)10-4-6-11(7-5-10)13(18)16-9(3)14(19)20/h4-9H,1-3H3,(H,15,17)(H,16,18)(H,19,20)/t9-/m0/s1. The second kappa shape index (κ2) is 6.70. The average Bonchev–Trinajstić information content (AvgIpc) is 2.37. The average molecular weight is 278 g/mol. The molecule has 0 bridgehead atoms. The summed E-state index contributed by atoms with van der Waals surface area (Å²) in [5, 5.41) is 13.8. The number of hydrogen-bond acceptors (Lipinski definition) is 3. The summed E-state index contributed by atoms with van der Waals surface area (Å²) >= 11 is 0. The first-order chi connectivity index (χ1) is 9.31. The molecule has 108 valence electrons. The summed E-state index contributed by atoms with van der Waals surface area (Å²) in [6.07, 6.45) is 0. The van der Waals surface area contributed by atoms with Crippen LogP contribution in [0.5, 0.6) is 0 Å². The third kappa shape index (κ3) is 4.38. The van der Waals surface area contributed by atoms with Gasteiger partial charge in [0, 0.05) is 17.2 Å². The third-order valence-electron chi connectivity index (χ3n) is 2.55. The van der Waals surface area contributed by atoms with E-state index in [-0.39, 0.29) is 11.9 Å². The van der Waals surface area contributed by atoms with Crippen molar-refractivity contribution in [2.75, 3.05) is 0 Å². The van der Waals surface area contributed by atoms with Crippen LogP contribution in [0.4, 0.5) is 0 Å². The summed E-state index contributed by atoms with van der Waals surface area (Å²) in [5.41, 5.74) is 0.751. The summed E-state index contributed by atoms with van der Waals surface area (Å²) in [6, 6.07) is 5.09. The van der Waals surface area contributed by atoms with E-state index in [0.717, 1.165) is 0 Å². The monoisotopic (exact) mass is 278 g/mol. The zero-order valence-corrected chi connectivity index (χ0v) is 11.6. The fourth-order valence-corrected chi connectivity index (χ4v) is 1.46. The number of benzene rings is 1.